The summed E-state index contributed by atoms with van der Waals surface area (Å²) in [6, 6.07) is 11.1. The molecule has 3 rings (SSSR count). The summed E-state index contributed by atoms with van der Waals surface area (Å²) >= 11 is 0. The van der Waals surface area contributed by atoms with Gasteiger partial charge < -0.3 is 15.7 Å². The number of amides is 1. The van der Waals surface area contributed by atoms with E-state index >= 15 is 0 Å². The summed E-state index contributed by atoms with van der Waals surface area (Å²) in [7, 11) is 0. The summed E-state index contributed by atoms with van der Waals surface area (Å²) < 4.78 is 13.1. The van der Waals surface area contributed by atoms with Gasteiger partial charge in [-0.1, -0.05) is 23.8 Å². The number of phenols is 1. The van der Waals surface area contributed by atoms with Crippen LogP contribution >= 0.6 is 0 Å². The first-order valence-corrected chi connectivity index (χ1v) is 8.05. The molecular weight excluding hydrogens is 307 g/mol. The predicted octanol–water partition coefficient (Wildman–Crippen LogP) is 2.80. The molecule has 126 valence electrons. The topological polar surface area (TPSA) is 66.6 Å². The minimum atomic E-state index is -0.269. The molecule has 1 amide bonds. The second-order valence-electron chi connectivity index (χ2n) is 6.38. The molecule has 0 radical (unpaired) electrons. The first kappa shape index (κ1) is 16.5. The lowest BCUT2D eigenvalue weighted by Crippen LogP contribution is -2.49. The average Bonchev–Trinajstić information content (AvgIpc) is 2.57. The summed E-state index contributed by atoms with van der Waals surface area (Å²) in [6.07, 6.45) is 0.713. The van der Waals surface area contributed by atoms with E-state index in [2.05, 4.69) is 0 Å². The molecule has 1 heterocycles. The summed E-state index contributed by atoms with van der Waals surface area (Å²) in [5, 5.41) is 9.94. The average molecular weight is 328 g/mol. The van der Waals surface area contributed by atoms with Crippen LogP contribution in [-0.4, -0.2) is 35.0 Å². The predicted molar refractivity (Wildman–Crippen MR) is 90.5 cm³/mol. The number of nitrogens with zero attached hydrogens (tertiary/aromatic N) is 1. The van der Waals surface area contributed by atoms with Gasteiger partial charge in [-0.2, -0.15) is 0 Å². The molecule has 2 aromatic carbocycles. The molecule has 0 saturated carbocycles. The van der Waals surface area contributed by atoms with Gasteiger partial charge in [0.2, 0.25) is 0 Å². The van der Waals surface area contributed by atoms with Crippen LogP contribution in [0, 0.1) is 12.7 Å². The van der Waals surface area contributed by atoms with Gasteiger partial charge in [0.15, 0.2) is 0 Å². The quantitative estimate of drug-likeness (QED) is 0.891. The summed E-state index contributed by atoms with van der Waals surface area (Å²) in [6.45, 7) is 2.85. The third-order valence-electron chi connectivity index (χ3n) is 4.63. The van der Waals surface area contributed by atoms with Crippen LogP contribution in [0.25, 0.3) is 0 Å². The Morgan fingerprint density at radius 2 is 1.96 bits per heavy atom. The zero-order chi connectivity index (χ0) is 17.3. The van der Waals surface area contributed by atoms with Crippen molar-refractivity contribution in [3.05, 3.63) is 65.0 Å². The Hall–Kier alpha value is -2.40. The van der Waals surface area contributed by atoms with Crippen LogP contribution in [-0.2, 0) is 0 Å². The lowest BCUT2D eigenvalue weighted by atomic mass is 9.85. The van der Waals surface area contributed by atoms with Crippen molar-refractivity contribution in [2.45, 2.75) is 25.3 Å². The fraction of sp³-hybridized carbons (Fsp3) is 0.316. The highest BCUT2D eigenvalue weighted by Gasteiger charge is 2.31. The van der Waals surface area contributed by atoms with E-state index < -0.39 is 0 Å². The molecule has 1 aliphatic rings. The Bertz CT molecular complexity index is 746. The Morgan fingerprint density at radius 1 is 1.25 bits per heavy atom. The van der Waals surface area contributed by atoms with Crippen molar-refractivity contribution >= 4 is 5.91 Å². The smallest absolute Gasteiger partial charge is 0.257 e. The largest absolute Gasteiger partial charge is 0.507 e. The van der Waals surface area contributed by atoms with Crippen LogP contribution in [0.1, 0.15) is 33.8 Å². The minimum absolute atomic E-state index is 0.0140. The van der Waals surface area contributed by atoms with Gasteiger partial charge in [0.25, 0.3) is 5.91 Å². The number of nitrogens with two attached hydrogens (primary N) is 1. The number of likely N-dealkylation sites (tertiary alicyclic amines) is 1. The van der Waals surface area contributed by atoms with Crippen molar-refractivity contribution in [2.75, 3.05) is 13.1 Å². The number of phenolic OH excluding ortho intramolecular Hbond substituents is 1. The van der Waals surface area contributed by atoms with Crippen molar-refractivity contribution in [1.82, 2.24) is 4.90 Å². The summed E-state index contributed by atoms with van der Waals surface area (Å²) in [4.78, 5) is 14.3. The molecule has 2 atom stereocenters. The highest BCUT2D eigenvalue weighted by atomic mass is 19.1. The number of benzene rings is 2. The number of halogens is 1. The van der Waals surface area contributed by atoms with Gasteiger partial charge in [-0.25, -0.2) is 4.39 Å². The third kappa shape index (κ3) is 3.26. The molecule has 5 heteroatoms. The van der Waals surface area contributed by atoms with Crippen LogP contribution in [0.2, 0.25) is 0 Å². The molecule has 2 aromatic rings. The van der Waals surface area contributed by atoms with E-state index in [0.717, 1.165) is 11.1 Å². The highest BCUT2D eigenvalue weighted by Crippen LogP contribution is 2.29. The Balaban J connectivity index is 1.74. The Morgan fingerprint density at radius 3 is 2.62 bits per heavy atom. The van der Waals surface area contributed by atoms with Crippen LogP contribution in [0.4, 0.5) is 4.39 Å². The van der Waals surface area contributed by atoms with Crippen molar-refractivity contribution in [1.29, 1.82) is 0 Å². The number of carbonyl (C=O) groups excluding carboxylic acids is 1. The fourth-order valence-electron chi connectivity index (χ4n) is 3.28. The van der Waals surface area contributed by atoms with Gasteiger partial charge in [0.05, 0.1) is 5.56 Å². The Kier molecular flexibility index (Phi) is 4.53. The molecule has 4 nitrogen and oxygen atoms in total. The van der Waals surface area contributed by atoms with Crippen molar-refractivity contribution in [2.24, 2.45) is 5.73 Å². The van der Waals surface area contributed by atoms with Crippen molar-refractivity contribution in [3.63, 3.8) is 0 Å². The van der Waals surface area contributed by atoms with Crippen LogP contribution in [0.15, 0.2) is 42.5 Å². The lowest BCUT2D eigenvalue weighted by Gasteiger charge is -2.37. The zero-order valence-electron chi connectivity index (χ0n) is 13.6. The number of piperidine rings is 1. The molecule has 3 N–H and O–H groups in total. The van der Waals surface area contributed by atoms with Gasteiger partial charge in [-0.05, 0) is 43.2 Å². The molecule has 1 aliphatic heterocycles. The van der Waals surface area contributed by atoms with E-state index in [1.807, 2.05) is 6.92 Å². The first-order valence-electron chi connectivity index (χ1n) is 8.05. The second kappa shape index (κ2) is 6.61. The van der Waals surface area contributed by atoms with Gasteiger partial charge in [-0.3, -0.25) is 4.79 Å². The molecule has 0 bridgehead atoms. The summed E-state index contributed by atoms with van der Waals surface area (Å²) in [5.74, 6) is -0.389. The number of hydrogen-bond acceptors (Lipinski definition) is 3. The fourth-order valence-corrected chi connectivity index (χ4v) is 3.28. The van der Waals surface area contributed by atoms with Gasteiger partial charge in [0.1, 0.15) is 11.6 Å². The van der Waals surface area contributed by atoms with Gasteiger partial charge >= 0.3 is 0 Å². The SMILES string of the molecule is Cc1ccc(O)c(C(=O)N2CCC(c3ccc(F)cc3)C(N)C2)c1. The summed E-state index contributed by atoms with van der Waals surface area (Å²) in [5.41, 5.74) is 8.49. The highest BCUT2D eigenvalue weighted by molar-refractivity contribution is 5.97. The maximum absolute atomic E-state index is 13.1. The van der Waals surface area contributed by atoms with Crippen LogP contribution in [0.3, 0.4) is 0 Å². The van der Waals surface area contributed by atoms with Crippen LogP contribution < -0.4 is 5.73 Å². The monoisotopic (exact) mass is 328 g/mol. The molecule has 1 fully saturated rings. The minimum Gasteiger partial charge on any atom is -0.507 e. The molecular formula is C19H21FN2O2. The zero-order valence-corrected chi connectivity index (χ0v) is 13.6. The van der Waals surface area contributed by atoms with Crippen molar-refractivity contribution in [3.8, 4) is 5.75 Å². The standard InChI is InChI=1S/C19H21FN2O2/c1-12-2-7-18(23)16(10-12)19(24)22-9-8-15(17(21)11-22)13-3-5-14(20)6-4-13/h2-7,10,15,17,23H,8-9,11,21H2,1H3. The van der Waals surface area contributed by atoms with E-state index in [1.165, 1.54) is 18.2 Å². The molecule has 24 heavy (non-hydrogen) atoms. The van der Waals surface area contributed by atoms with Crippen LogP contribution in [0.5, 0.6) is 5.75 Å². The number of carbonyl (C=O) groups is 1. The number of aryl methyl sites for hydroxylation is 1. The van der Waals surface area contributed by atoms with Crippen molar-refractivity contribution < 1.29 is 14.3 Å². The molecule has 0 aliphatic carbocycles. The van der Waals surface area contributed by atoms with Gasteiger partial charge in [-0.15, -0.1) is 0 Å². The molecule has 0 spiro atoms. The maximum atomic E-state index is 13.1. The lowest BCUT2D eigenvalue weighted by molar-refractivity contribution is 0.0690. The normalized spacial score (nSPS) is 20.9. The molecule has 2 unspecified atom stereocenters. The van der Waals surface area contributed by atoms with E-state index in [1.54, 1.807) is 29.2 Å². The third-order valence-corrected chi connectivity index (χ3v) is 4.63. The molecule has 0 aromatic heterocycles. The number of rotatable bonds is 2. The van der Waals surface area contributed by atoms with E-state index in [-0.39, 0.29) is 29.4 Å². The molecule has 1 saturated heterocycles. The first-order chi connectivity index (χ1) is 11.5. The van der Waals surface area contributed by atoms with Gasteiger partial charge in [0, 0.05) is 25.0 Å². The maximum Gasteiger partial charge on any atom is 0.257 e. The second-order valence-corrected chi connectivity index (χ2v) is 6.38. The van der Waals surface area contributed by atoms with E-state index in [9.17, 15) is 14.3 Å². The Labute approximate surface area is 140 Å². The number of aromatic hydroxyl groups is 1. The van der Waals surface area contributed by atoms with E-state index in [4.69, 9.17) is 5.73 Å². The van der Waals surface area contributed by atoms with E-state index in [0.29, 0.717) is 25.1 Å². The number of hydrogen-bond donors (Lipinski definition) is 2.